The number of hydrogen-bond donors (Lipinski definition) is 1. The molecule has 1 aromatic carbocycles. The van der Waals surface area contributed by atoms with Crippen LogP contribution in [-0.4, -0.2) is 26.0 Å². The Labute approximate surface area is 116 Å². The fraction of sp³-hybridized carbons (Fsp3) is 0.455. The molecule has 17 heavy (non-hydrogen) atoms. The van der Waals surface area contributed by atoms with Gasteiger partial charge in [0.05, 0.1) is 16.0 Å². The molecule has 0 saturated carbocycles. The van der Waals surface area contributed by atoms with E-state index in [1.165, 1.54) is 0 Å². The second kappa shape index (κ2) is 6.07. The zero-order chi connectivity index (χ0) is 13.1. The van der Waals surface area contributed by atoms with Crippen molar-refractivity contribution in [2.75, 3.05) is 17.6 Å². The van der Waals surface area contributed by atoms with Gasteiger partial charge >= 0.3 is 0 Å². The van der Waals surface area contributed by atoms with Gasteiger partial charge in [0.2, 0.25) is 0 Å². The van der Waals surface area contributed by atoms with E-state index in [-0.39, 0.29) is 11.0 Å². The quantitative estimate of drug-likeness (QED) is 0.894. The van der Waals surface area contributed by atoms with Crippen LogP contribution in [0.3, 0.4) is 0 Å². The Balaban J connectivity index is 2.55. The minimum absolute atomic E-state index is 0.123. The predicted octanol–water partition coefficient (Wildman–Crippen LogP) is 3.34. The number of halogens is 2. The highest BCUT2D eigenvalue weighted by Gasteiger charge is 2.15. The summed E-state index contributed by atoms with van der Waals surface area (Å²) in [6.07, 6.45) is 0. The van der Waals surface area contributed by atoms with Crippen molar-refractivity contribution in [1.82, 2.24) is 0 Å². The lowest BCUT2D eigenvalue weighted by Gasteiger charge is -2.10. The van der Waals surface area contributed by atoms with Crippen molar-refractivity contribution in [2.45, 2.75) is 19.1 Å². The van der Waals surface area contributed by atoms with Crippen LogP contribution in [0.15, 0.2) is 22.7 Å². The molecule has 0 aromatic heterocycles. The Morgan fingerprint density at radius 2 is 2.06 bits per heavy atom. The molecule has 96 valence electrons. The first-order valence-electron chi connectivity index (χ1n) is 5.23. The summed E-state index contributed by atoms with van der Waals surface area (Å²) in [4.78, 5) is 0. The summed E-state index contributed by atoms with van der Waals surface area (Å²) in [6.45, 7) is 3.76. The van der Waals surface area contributed by atoms with Crippen LogP contribution in [0.2, 0.25) is 5.02 Å². The second-order valence-electron chi connectivity index (χ2n) is 3.97. The first-order valence-corrected chi connectivity index (χ1v) is 8.12. The van der Waals surface area contributed by atoms with E-state index in [1.807, 2.05) is 12.1 Å². The van der Waals surface area contributed by atoms with Gasteiger partial charge in [-0.3, -0.25) is 0 Å². The molecule has 0 atom stereocenters. The second-order valence-corrected chi connectivity index (χ2v) is 7.91. The minimum Gasteiger partial charge on any atom is -0.384 e. The van der Waals surface area contributed by atoms with Crippen LogP contribution in [-0.2, 0) is 9.84 Å². The molecule has 0 unspecified atom stereocenters. The molecule has 1 N–H and O–H groups in total. The smallest absolute Gasteiger partial charge is 0.154 e. The number of hydrogen-bond acceptors (Lipinski definition) is 3. The van der Waals surface area contributed by atoms with Gasteiger partial charge in [-0.2, -0.15) is 0 Å². The van der Waals surface area contributed by atoms with E-state index >= 15 is 0 Å². The SMILES string of the molecule is CC(C)S(=O)(=O)CCNc1ccc(Br)c(Cl)c1. The van der Waals surface area contributed by atoms with Crippen molar-refractivity contribution in [3.63, 3.8) is 0 Å². The highest BCUT2D eigenvalue weighted by molar-refractivity contribution is 9.10. The maximum atomic E-state index is 11.6. The average molecular weight is 341 g/mol. The molecule has 0 bridgehead atoms. The molecule has 1 aromatic rings. The third-order valence-electron chi connectivity index (χ3n) is 2.35. The van der Waals surface area contributed by atoms with Gasteiger partial charge in [-0.1, -0.05) is 11.6 Å². The lowest BCUT2D eigenvalue weighted by molar-refractivity contribution is 0.588. The Morgan fingerprint density at radius 3 is 2.59 bits per heavy atom. The molecule has 1 rings (SSSR count). The van der Waals surface area contributed by atoms with Crippen molar-refractivity contribution in [2.24, 2.45) is 0 Å². The van der Waals surface area contributed by atoms with E-state index < -0.39 is 9.84 Å². The molecule has 0 saturated heterocycles. The standard InChI is InChI=1S/C11H15BrClNO2S/c1-8(2)17(15,16)6-5-14-9-3-4-10(12)11(13)7-9/h3-4,7-8,14H,5-6H2,1-2H3. The van der Waals surface area contributed by atoms with E-state index in [1.54, 1.807) is 19.9 Å². The van der Waals surface area contributed by atoms with Gasteiger partial charge in [0.1, 0.15) is 0 Å². The van der Waals surface area contributed by atoms with Crippen molar-refractivity contribution >= 4 is 43.1 Å². The number of nitrogens with one attached hydrogen (secondary N) is 1. The van der Waals surface area contributed by atoms with Crippen molar-refractivity contribution < 1.29 is 8.42 Å². The normalized spacial score (nSPS) is 11.8. The van der Waals surface area contributed by atoms with Gasteiger partial charge in [-0.15, -0.1) is 0 Å². The van der Waals surface area contributed by atoms with Crippen molar-refractivity contribution in [1.29, 1.82) is 0 Å². The van der Waals surface area contributed by atoms with E-state index in [0.29, 0.717) is 11.6 Å². The summed E-state index contributed by atoms with van der Waals surface area (Å²) >= 11 is 9.22. The van der Waals surface area contributed by atoms with Gasteiger partial charge in [0.15, 0.2) is 9.84 Å². The molecule has 0 heterocycles. The van der Waals surface area contributed by atoms with Crippen LogP contribution in [0.4, 0.5) is 5.69 Å². The van der Waals surface area contributed by atoms with Gasteiger partial charge in [0.25, 0.3) is 0 Å². The number of anilines is 1. The van der Waals surface area contributed by atoms with Crippen LogP contribution in [0.1, 0.15) is 13.8 Å². The van der Waals surface area contributed by atoms with Gasteiger partial charge < -0.3 is 5.32 Å². The number of sulfone groups is 1. The first-order chi connectivity index (χ1) is 7.83. The number of benzene rings is 1. The Kier molecular flexibility index (Phi) is 5.28. The zero-order valence-electron chi connectivity index (χ0n) is 9.70. The zero-order valence-corrected chi connectivity index (χ0v) is 12.9. The molecule has 0 aliphatic carbocycles. The van der Waals surface area contributed by atoms with Crippen LogP contribution in [0.25, 0.3) is 0 Å². The molecule has 3 nitrogen and oxygen atoms in total. The summed E-state index contributed by atoms with van der Waals surface area (Å²) in [5, 5.41) is 3.30. The summed E-state index contributed by atoms with van der Waals surface area (Å²) in [6, 6.07) is 5.42. The van der Waals surface area contributed by atoms with E-state index in [2.05, 4.69) is 21.2 Å². The van der Waals surface area contributed by atoms with Crippen LogP contribution in [0, 0.1) is 0 Å². The first kappa shape index (κ1) is 14.8. The Bertz CT molecular complexity index is 488. The van der Waals surface area contributed by atoms with Gasteiger partial charge in [-0.05, 0) is 48.0 Å². The van der Waals surface area contributed by atoms with Gasteiger partial charge in [-0.25, -0.2) is 8.42 Å². The summed E-state index contributed by atoms with van der Waals surface area (Å²) < 4.78 is 24.0. The molecule has 0 amide bonds. The van der Waals surface area contributed by atoms with Crippen LogP contribution < -0.4 is 5.32 Å². The third-order valence-corrected chi connectivity index (χ3v) is 5.80. The van der Waals surface area contributed by atoms with Gasteiger partial charge in [0, 0.05) is 16.7 Å². The van der Waals surface area contributed by atoms with E-state index in [4.69, 9.17) is 11.6 Å². The Hall–Kier alpha value is -0.260. The molecule has 0 spiro atoms. The summed E-state index contributed by atoms with van der Waals surface area (Å²) in [5.74, 6) is 0.123. The molecule has 0 aliphatic rings. The molecular formula is C11H15BrClNO2S. The van der Waals surface area contributed by atoms with E-state index in [0.717, 1.165) is 10.2 Å². The molecule has 0 aliphatic heterocycles. The highest BCUT2D eigenvalue weighted by atomic mass is 79.9. The highest BCUT2D eigenvalue weighted by Crippen LogP contribution is 2.25. The topological polar surface area (TPSA) is 46.2 Å². The fourth-order valence-corrected chi connectivity index (χ4v) is 2.46. The molecule has 0 fully saturated rings. The maximum Gasteiger partial charge on any atom is 0.154 e. The molecular weight excluding hydrogens is 326 g/mol. The Morgan fingerprint density at radius 1 is 1.41 bits per heavy atom. The predicted molar refractivity (Wildman–Crippen MR) is 76.6 cm³/mol. The lowest BCUT2D eigenvalue weighted by Crippen LogP contribution is -2.22. The summed E-state index contributed by atoms with van der Waals surface area (Å²) in [7, 11) is -2.99. The molecule has 0 radical (unpaired) electrons. The van der Waals surface area contributed by atoms with Crippen LogP contribution in [0.5, 0.6) is 0 Å². The largest absolute Gasteiger partial charge is 0.384 e. The minimum atomic E-state index is -2.99. The number of rotatable bonds is 5. The maximum absolute atomic E-state index is 11.6. The van der Waals surface area contributed by atoms with Crippen molar-refractivity contribution in [3.8, 4) is 0 Å². The van der Waals surface area contributed by atoms with E-state index in [9.17, 15) is 8.42 Å². The third kappa shape index (κ3) is 4.48. The lowest BCUT2D eigenvalue weighted by atomic mass is 10.3. The summed E-state index contributed by atoms with van der Waals surface area (Å²) in [5.41, 5.74) is 0.817. The average Bonchev–Trinajstić information content (AvgIpc) is 2.23. The van der Waals surface area contributed by atoms with Crippen LogP contribution >= 0.6 is 27.5 Å². The van der Waals surface area contributed by atoms with Crippen molar-refractivity contribution in [3.05, 3.63) is 27.7 Å². The molecule has 6 heteroatoms. The fourth-order valence-electron chi connectivity index (χ4n) is 1.18. The monoisotopic (exact) mass is 339 g/mol.